The van der Waals surface area contributed by atoms with Gasteiger partial charge in [-0.15, -0.1) is 15.7 Å². The quantitative estimate of drug-likeness (QED) is 0.0125. The third-order valence-electron chi connectivity index (χ3n) is 15.5. The molecule has 3 aromatic carbocycles. The zero-order valence-electron chi connectivity index (χ0n) is 49.7. The highest BCUT2D eigenvalue weighted by Crippen LogP contribution is 2.44. The van der Waals surface area contributed by atoms with Gasteiger partial charge >= 0.3 is 6.01 Å². The number of aliphatic hydroxyl groups is 1. The molecular formula is C63H84FN10O11P. The van der Waals surface area contributed by atoms with E-state index in [9.17, 15) is 23.9 Å². The van der Waals surface area contributed by atoms with E-state index in [-0.39, 0.29) is 29.9 Å². The molecule has 2 bridgehead atoms. The number of likely N-dealkylation sites (N-methyl/N-ethyl adjacent to an activating group) is 1. The summed E-state index contributed by atoms with van der Waals surface area (Å²) >= 11 is 0. The average Bonchev–Trinajstić information content (AvgIpc) is 1.60. The molecule has 2 aromatic heterocycles. The Bertz CT molecular complexity index is 3120. The molecular weight excluding hydrogens is 1120 g/mol. The van der Waals surface area contributed by atoms with Crippen molar-refractivity contribution >= 4 is 79.1 Å². The fourth-order valence-corrected chi connectivity index (χ4v) is 11.9. The highest BCUT2D eigenvalue weighted by molar-refractivity contribution is 7.28. The molecule has 0 amide bonds. The molecule has 5 aromatic rings. The summed E-state index contributed by atoms with van der Waals surface area (Å²) in [4.78, 5) is 63.0. The van der Waals surface area contributed by atoms with Crippen LogP contribution in [0.5, 0.6) is 11.8 Å². The molecule has 0 aliphatic carbocycles. The van der Waals surface area contributed by atoms with Gasteiger partial charge in [0.25, 0.3) is 0 Å². The maximum atomic E-state index is 14.9. The number of hydrogen-bond acceptors (Lipinski definition) is 21. The molecule has 4 aliphatic rings. The van der Waals surface area contributed by atoms with Crippen LogP contribution in [0.3, 0.4) is 0 Å². The van der Waals surface area contributed by atoms with Crippen LogP contribution < -0.4 is 36.6 Å². The molecule has 4 saturated heterocycles. The second-order valence-electron chi connectivity index (χ2n) is 21.3. The van der Waals surface area contributed by atoms with Crippen molar-refractivity contribution in [2.24, 2.45) is 5.73 Å². The largest absolute Gasteiger partial charge is 0.508 e. The molecule has 0 radical (unpaired) electrons. The van der Waals surface area contributed by atoms with E-state index in [1.807, 2.05) is 27.0 Å². The van der Waals surface area contributed by atoms with Crippen LogP contribution in [0.15, 0.2) is 67.4 Å². The number of terminal acetylenes is 1. The van der Waals surface area contributed by atoms with E-state index >= 15 is 0 Å². The van der Waals surface area contributed by atoms with E-state index in [1.165, 1.54) is 11.6 Å². The maximum Gasteiger partial charge on any atom is 0.319 e. The van der Waals surface area contributed by atoms with Crippen LogP contribution >= 0.6 is 9.24 Å². The van der Waals surface area contributed by atoms with Crippen LogP contribution in [-0.4, -0.2) is 210 Å². The van der Waals surface area contributed by atoms with Crippen LogP contribution in [0.25, 0.3) is 38.6 Å². The number of aliphatic hydroxyl groups excluding tert-OH is 1. The van der Waals surface area contributed by atoms with E-state index in [0.29, 0.717) is 153 Å². The average molecular weight is 1210 g/mol. The first-order valence-electron chi connectivity index (χ1n) is 28.9. The normalized spacial score (nSPS) is 18.8. The molecule has 0 saturated carbocycles. The van der Waals surface area contributed by atoms with Gasteiger partial charge < -0.3 is 79.8 Å². The first-order chi connectivity index (χ1) is 41.8. The first-order valence-corrected chi connectivity index (χ1v) is 29.4. The number of halogens is 1. The molecule has 7 N–H and O–H groups in total. The van der Waals surface area contributed by atoms with Gasteiger partial charge in [-0.25, -0.2) is 4.39 Å². The van der Waals surface area contributed by atoms with Gasteiger partial charge in [0.05, 0.1) is 93.2 Å². The van der Waals surface area contributed by atoms with E-state index in [1.54, 1.807) is 48.5 Å². The van der Waals surface area contributed by atoms with Crippen molar-refractivity contribution in [3.05, 3.63) is 89.9 Å². The highest BCUT2D eigenvalue weighted by Gasteiger charge is 2.51. The van der Waals surface area contributed by atoms with Gasteiger partial charge in [0.15, 0.2) is 6.29 Å². The number of aromatic nitrogens is 3. The number of carbonyl (C=O) groups excluding carboxylic acids is 4. The minimum absolute atomic E-state index is 0.00736. The maximum absolute atomic E-state index is 14.9. The molecule has 6 unspecified atom stereocenters. The zero-order valence-corrected chi connectivity index (χ0v) is 50.9. The first kappa shape index (κ1) is 68.2. The number of nitrogens with two attached hydrogens (primary N) is 1. The fourth-order valence-electron chi connectivity index (χ4n) is 11.4. The standard InChI is InChI=1S/C35H37FN7O2P.C25H38N2O8.C2H7N.CH2O/c1-3-25-28(36)7-4-20-10-24(44)11-26(29(20)25)30-32(46)31-27(14-38-30)33(42-16-21-5-6-22(17-42)39-21)41-34(40-31)45-18-35-9-8-23(13-37)43(35)15-19(2)12-35;1-21(27(2)24(20-31)4-3-8-28)25-6-5-23(18-22(25)19-30)26-7-10-32-12-14-34-16-17-35-15-13-33-11-9-29;1-3-2;1-2/h1,4,7,10-11,14,21-23,39,44H,2,5-6,8-9,12-13,15-18,37,46H2;5-6,8,18-20,24,26,29H,1,3-4,7,9-17H2,2H3;3H,1-2H3;1H2. The molecule has 21 nitrogen and oxygen atoms in total. The van der Waals surface area contributed by atoms with Crippen molar-refractivity contribution in [3.8, 4) is 35.4 Å². The smallest absolute Gasteiger partial charge is 0.319 e. The van der Waals surface area contributed by atoms with Gasteiger partial charge in [0.2, 0.25) is 0 Å². The summed E-state index contributed by atoms with van der Waals surface area (Å²) in [6, 6.07) is 12.3. The highest BCUT2D eigenvalue weighted by atomic mass is 31.0. The van der Waals surface area contributed by atoms with E-state index < -0.39 is 11.9 Å². The van der Waals surface area contributed by atoms with Crippen LogP contribution in [0, 0.1) is 18.2 Å². The number of phenolic OH excluding ortho intramolecular Hbond substituents is 1. The van der Waals surface area contributed by atoms with Crippen LogP contribution in [-0.2, 0) is 33.3 Å². The van der Waals surface area contributed by atoms with E-state index in [2.05, 4.69) is 54.1 Å². The second kappa shape index (κ2) is 34.5. The number of aldehydes is 3. The van der Waals surface area contributed by atoms with Crippen molar-refractivity contribution in [2.45, 2.75) is 74.7 Å². The molecule has 6 heterocycles. The summed E-state index contributed by atoms with van der Waals surface area (Å²) in [6.07, 6.45) is 15.7. The summed E-state index contributed by atoms with van der Waals surface area (Å²) in [7, 11) is 8.24. The lowest BCUT2D eigenvalue weighted by atomic mass is 9.94. The van der Waals surface area contributed by atoms with Crippen molar-refractivity contribution in [1.82, 2.24) is 35.4 Å². The van der Waals surface area contributed by atoms with Gasteiger partial charge in [0.1, 0.15) is 43.4 Å². The number of anilines is 2. The lowest BCUT2D eigenvalue weighted by Crippen LogP contribution is -2.51. The predicted octanol–water partition coefficient (Wildman–Crippen LogP) is 4.68. The van der Waals surface area contributed by atoms with E-state index in [4.69, 9.17) is 60.7 Å². The van der Waals surface area contributed by atoms with Gasteiger partial charge in [-0.05, 0) is 88.3 Å². The number of nitrogens with one attached hydrogen (secondary N) is 3. The SMILES string of the molecule is C#Cc1c(F)ccc2cc(O)cc(-c3ncc4c(N5CC6CCC(C5)N6)nc(OCC56CCC(CN)N5CC(=C)C6)nc4c3P)c12.C=C(c1ccc(NCCOCCOCCOCCOCCO)cc1C=O)N(C)C(C=O)CCC=O.C=O.CNC. The number of nitrogens with zero attached hydrogens (tertiary/aromatic N) is 6. The lowest BCUT2D eigenvalue weighted by Gasteiger charge is -2.35. The predicted molar refractivity (Wildman–Crippen MR) is 337 cm³/mol. The summed E-state index contributed by atoms with van der Waals surface area (Å²) in [5.41, 5.74) is 11.4. The zero-order chi connectivity index (χ0) is 62.2. The van der Waals surface area contributed by atoms with Crippen LogP contribution in [0.4, 0.5) is 15.9 Å². The molecule has 9 rings (SSSR count). The summed E-state index contributed by atoms with van der Waals surface area (Å²) < 4.78 is 42.8. The van der Waals surface area contributed by atoms with Gasteiger partial charge in [-0.1, -0.05) is 36.8 Å². The number of pyridine rings is 1. The fraction of sp³-hybridized carbons (Fsp3) is 0.476. The Hall–Kier alpha value is -6.87. The Balaban J connectivity index is 0.000000266. The Morgan fingerprint density at radius 3 is 2.30 bits per heavy atom. The third-order valence-corrected chi connectivity index (χ3v) is 16.0. The Morgan fingerprint density at radius 1 is 1.00 bits per heavy atom. The van der Waals surface area contributed by atoms with Crippen molar-refractivity contribution in [1.29, 1.82) is 0 Å². The van der Waals surface area contributed by atoms with Crippen molar-refractivity contribution in [3.63, 3.8) is 0 Å². The Labute approximate surface area is 505 Å². The Morgan fingerprint density at radius 2 is 1.67 bits per heavy atom. The molecule has 464 valence electrons. The topological polar surface area (TPSA) is 265 Å². The van der Waals surface area contributed by atoms with Crippen LogP contribution in [0.1, 0.15) is 66.4 Å². The van der Waals surface area contributed by atoms with Gasteiger partial charge in [0, 0.05) is 109 Å². The van der Waals surface area contributed by atoms with E-state index in [0.717, 1.165) is 87.5 Å². The number of rotatable bonds is 29. The van der Waals surface area contributed by atoms with Crippen LogP contribution in [0.2, 0.25) is 0 Å². The molecule has 23 heteroatoms. The summed E-state index contributed by atoms with van der Waals surface area (Å²) in [5.74, 6) is 2.81. The number of piperazine rings is 1. The molecule has 0 spiro atoms. The number of benzene rings is 3. The second-order valence-corrected chi connectivity index (χ2v) is 21.9. The minimum Gasteiger partial charge on any atom is -0.508 e. The molecule has 4 fully saturated rings. The number of ether oxygens (including phenoxy) is 5. The molecule has 4 aliphatic heterocycles. The minimum atomic E-state index is -0.506. The summed E-state index contributed by atoms with van der Waals surface area (Å²) in [6.45, 7) is 17.9. The number of hydrogen-bond donors (Lipinski definition) is 6. The van der Waals surface area contributed by atoms with Crippen molar-refractivity contribution < 1.29 is 57.5 Å². The number of fused-ring (bicyclic) bond motifs is 5. The van der Waals surface area contributed by atoms with Crippen molar-refractivity contribution in [2.75, 3.05) is 130 Å². The lowest BCUT2D eigenvalue weighted by molar-refractivity contribution is -0.112. The van der Waals surface area contributed by atoms with Gasteiger partial charge in [-0.3, -0.25) is 14.7 Å². The monoisotopic (exact) mass is 1210 g/mol. The molecule has 6 atom stereocenters. The van der Waals surface area contributed by atoms with Gasteiger partial charge in [-0.2, -0.15) is 9.97 Å². The third kappa shape index (κ3) is 17.4. The Kier molecular flexibility index (Phi) is 27.3. The number of phenols is 1. The number of carbonyl (C=O) groups is 4. The number of aromatic hydroxyl groups is 1. The summed E-state index contributed by atoms with van der Waals surface area (Å²) in [5, 5.41) is 31.5. The molecule has 86 heavy (non-hydrogen) atoms.